The van der Waals surface area contributed by atoms with E-state index in [1.54, 1.807) is 0 Å². The van der Waals surface area contributed by atoms with E-state index in [-0.39, 0.29) is 18.1 Å². The maximum absolute atomic E-state index is 10.0. The third kappa shape index (κ3) is 5.63. The average Bonchev–Trinajstić information content (AvgIpc) is 1.84. The van der Waals surface area contributed by atoms with Gasteiger partial charge in [0.15, 0.2) is 0 Å². The van der Waals surface area contributed by atoms with Crippen molar-refractivity contribution in [1.82, 2.24) is 0 Å². The Balaban J connectivity index is 3.85. The fourth-order valence-electron chi connectivity index (χ4n) is 0.806. The summed E-state index contributed by atoms with van der Waals surface area (Å²) in [7, 11) is 0. The Morgan fingerprint density at radius 1 is 1.17 bits per heavy atom. The van der Waals surface area contributed by atoms with E-state index in [0.29, 0.717) is 0 Å². The van der Waals surface area contributed by atoms with E-state index in [0.717, 1.165) is 0 Å². The summed E-state index contributed by atoms with van der Waals surface area (Å²) in [5.41, 5.74) is 0. The highest BCUT2D eigenvalue weighted by atomic mass is 16.4. The molecule has 0 aliphatic heterocycles. The Hall–Kier alpha value is -1.14. The highest BCUT2D eigenvalue weighted by molar-refractivity contribution is 5.67. The number of aliphatic hydroxyl groups excluding tert-OH is 1. The minimum Gasteiger partial charge on any atom is -0.544 e. The smallest absolute Gasteiger partial charge is 0.118 e. The van der Waals surface area contributed by atoms with Crippen LogP contribution in [0.25, 0.3) is 0 Å². The maximum atomic E-state index is 10.0. The summed E-state index contributed by atoms with van der Waals surface area (Å²) < 4.78 is 0. The van der Waals surface area contributed by atoms with Gasteiger partial charge in [-0.25, -0.2) is 0 Å². The van der Waals surface area contributed by atoms with Gasteiger partial charge in [0.1, 0.15) is 19.6 Å². The second-order valence-corrected chi connectivity index (χ2v) is 2.32. The summed E-state index contributed by atoms with van der Waals surface area (Å²) >= 11 is 0. The number of carboxylic acid groups (broad SMARTS) is 2. The Morgan fingerprint density at radius 3 is 1.83 bits per heavy atom. The first-order valence-electron chi connectivity index (χ1n) is 3.40. The van der Waals surface area contributed by atoms with Crippen LogP contribution in [0.1, 0.15) is 0 Å². The molecule has 6 nitrogen and oxygen atoms in total. The van der Waals surface area contributed by atoms with Crippen LogP contribution in [0.15, 0.2) is 0 Å². The van der Waals surface area contributed by atoms with Crippen molar-refractivity contribution in [2.24, 2.45) is 0 Å². The third-order valence-electron chi connectivity index (χ3n) is 1.25. The van der Waals surface area contributed by atoms with E-state index >= 15 is 0 Å². The quantitative estimate of drug-likeness (QED) is 0.419. The minimum absolute atomic E-state index is 0.0575. The molecule has 0 radical (unpaired) electrons. The molecule has 0 fully saturated rings. The van der Waals surface area contributed by atoms with Crippen LogP contribution in [0.4, 0.5) is 0 Å². The number of aliphatic hydroxyl groups is 1. The van der Waals surface area contributed by atoms with Gasteiger partial charge in [-0.05, 0) is 0 Å². The molecule has 0 rings (SSSR count). The van der Waals surface area contributed by atoms with Crippen LogP contribution in [-0.4, -0.2) is 43.3 Å². The molecule has 0 atom stereocenters. The Kier molecular flexibility index (Phi) is 4.98. The molecule has 0 saturated heterocycles. The summed E-state index contributed by atoms with van der Waals surface area (Å²) in [5, 5.41) is 28.5. The first kappa shape index (κ1) is 10.9. The van der Waals surface area contributed by atoms with Crippen LogP contribution in [0.3, 0.4) is 0 Å². The van der Waals surface area contributed by atoms with E-state index < -0.39 is 25.0 Å². The second-order valence-electron chi connectivity index (χ2n) is 2.32. The van der Waals surface area contributed by atoms with E-state index in [9.17, 15) is 19.8 Å². The van der Waals surface area contributed by atoms with Crippen molar-refractivity contribution in [2.75, 3.05) is 26.2 Å². The summed E-state index contributed by atoms with van der Waals surface area (Å²) in [5.74, 6) is -2.69. The van der Waals surface area contributed by atoms with Crippen molar-refractivity contribution in [2.45, 2.75) is 0 Å². The van der Waals surface area contributed by atoms with E-state index in [4.69, 9.17) is 5.11 Å². The lowest BCUT2D eigenvalue weighted by Gasteiger charge is -2.18. The van der Waals surface area contributed by atoms with Crippen LogP contribution in [0, 0.1) is 0 Å². The average molecular weight is 176 g/mol. The zero-order valence-corrected chi connectivity index (χ0v) is 6.41. The molecule has 0 saturated carbocycles. The number of carbonyl (C=O) groups excluding carboxylic acids is 2. The first-order valence-corrected chi connectivity index (χ1v) is 3.40. The number of nitrogens with one attached hydrogen (secondary N) is 1. The second kappa shape index (κ2) is 5.50. The van der Waals surface area contributed by atoms with Gasteiger partial charge in [0.2, 0.25) is 0 Å². The van der Waals surface area contributed by atoms with Gasteiger partial charge in [0, 0.05) is 0 Å². The number of carboxylic acids is 2. The van der Waals surface area contributed by atoms with E-state index in [1.807, 2.05) is 0 Å². The van der Waals surface area contributed by atoms with Crippen LogP contribution < -0.4 is 15.1 Å². The SMILES string of the molecule is O=C([O-])C[NH+](CCO)CC(=O)[O-]. The number of aliphatic carboxylic acids is 2. The Bertz CT molecular complexity index is 153. The predicted molar refractivity (Wildman–Crippen MR) is 32.7 cm³/mol. The van der Waals surface area contributed by atoms with Crippen LogP contribution in [0.5, 0.6) is 0 Å². The molecular formula is C6H10NO5-. The number of hydrogen-bond donors (Lipinski definition) is 2. The van der Waals surface area contributed by atoms with E-state index in [1.165, 1.54) is 0 Å². The monoisotopic (exact) mass is 176 g/mol. The number of hydrogen-bond acceptors (Lipinski definition) is 5. The predicted octanol–water partition coefficient (Wildman–Crippen LogP) is -5.64. The highest BCUT2D eigenvalue weighted by Crippen LogP contribution is 1.53. The molecule has 0 aromatic heterocycles. The molecule has 0 aliphatic rings. The molecule has 70 valence electrons. The maximum Gasteiger partial charge on any atom is 0.118 e. The Morgan fingerprint density at radius 2 is 1.58 bits per heavy atom. The van der Waals surface area contributed by atoms with Gasteiger partial charge in [-0.3, -0.25) is 0 Å². The lowest BCUT2D eigenvalue weighted by molar-refractivity contribution is -0.889. The zero-order chi connectivity index (χ0) is 9.56. The van der Waals surface area contributed by atoms with E-state index in [2.05, 4.69) is 0 Å². The van der Waals surface area contributed by atoms with Crippen molar-refractivity contribution in [3.8, 4) is 0 Å². The molecule has 6 heteroatoms. The lowest BCUT2D eigenvalue weighted by atomic mass is 10.4. The molecule has 0 bridgehead atoms. The first-order chi connectivity index (χ1) is 5.56. The Labute approximate surface area is 69.0 Å². The summed E-state index contributed by atoms with van der Waals surface area (Å²) in [6, 6.07) is 0. The minimum atomic E-state index is -1.35. The number of quaternary nitrogens is 1. The molecular weight excluding hydrogens is 166 g/mol. The molecule has 0 unspecified atom stereocenters. The van der Waals surface area contributed by atoms with Gasteiger partial charge >= 0.3 is 0 Å². The standard InChI is InChI=1S/C6H11NO5/c8-2-1-7(3-5(9)10)4-6(11)12/h8H,1-4H2,(H,9,10)(H,11,12)/p-1. The van der Waals surface area contributed by atoms with Crippen LogP contribution >= 0.6 is 0 Å². The summed E-state index contributed by atoms with van der Waals surface area (Å²) in [6.07, 6.45) is 0. The normalized spacial score (nSPS) is 10.2. The molecule has 0 spiro atoms. The number of rotatable bonds is 6. The van der Waals surface area contributed by atoms with Crippen molar-refractivity contribution < 1.29 is 29.8 Å². The highest BCUT2D eigenvalue weighted by Gasteiger charge is 2.07. The molecule has 0 amide bonds. The largest absolute Gasteiger partial charge is 0.544 e. The summed E-state index contributed by atoms with van der Waals surface area (Å²) in [6.45, 7) is -1.08. The number of carbonyl (C=O) groups is 2. The van der Waals surface area contributed by atoms with Crippen LogP contribution in [-0.2, 0) is 9.59 Å². The van der Waals surface area contributed by atoms with Gasteiger partial charge in [-0.2, -0.15) is 0 Å². The molecule has 0 aromatic carbocycles. The topological polar surface area (TPSA) is 105 Å². The van der Waals surface area contributed by atoms with Gasteiger partial charge in [-0.15, -0.1) is 0 Å². The van der Waals surface area contributed by atoms with Crippen molar-refractivity contribution in [1.29, 1.82) is 0 Å². The van der Waals surface area contributed by atoms with Crippen molar-refractivity contribution in [3.05, 3.63) is 0 Å². The molecule has 0 aromatic rings. The van der Waals surface area contributed by atoms with Gasteiger partial charge < -0.3 is 29.8 Å². The molecule has 0 heterocycles. The van der Waals surface area contributed by atoms with Crippen molar-refractivity contribution >= 4 is 11.9 Å². The molecule has 0 aliphatic carbocycles. The summed E-state index contributed by atoms with van der Waals surface area (Å²) in [4.78, 5) is 20.3. The molecule has 12 heavy (non-hydrogen) atoms. The van der Waals surface area contributed by atoms with Crippen molar-refractivity contribution in [3.63, 3.8) is 0 Å². The van der Waals surface area contributed by atoms with Gasteiger partial charge in [-0.1, -0.05) is 0 Å². The molecule has 2 N–H and O–H groups in total. The van der Waals surface area contributed by atoms with Gasteiger partial charge in [0.25, 0.3) is 0 Å². The fraction of sp³-hybridized carbons (Fsp3) is 0.667. The van der Waals surface area contributed by atoms with Crippen LogP contribution in [0.2, 0.25) is 0 Å². The zero-order valence-electron chi connectivity index (χ0n) is 6.41. The lowest BCUT2D eigenvalue weighted by Crippen LogP contribution is -3.15. The fourth-order valence-corrected chi connectivity index (χ4v) is 0.806. The third-order valence-corrected chi connectivity index (χ3v) is 1.25. The van der Waals surface area contributed by atoms with Gasteiger partial charge in [0.05, 0.1) is 18.5 Å².